The third kappa shape index (κ3) is 6.17. The predicted molar refractivity (Wildman–Crippen MR) is 137 cm³/mol. The number of anilines is 1. The molecule has 1 aromatic heterocycles. The summed E-state index contributed by atoms with van der Waals surface area (Å²) in [4.78, 5) is 19.0. The molecule has 7 heteroatoms. The van der Waals surface area contributed by atoms with Gasteiger partial charge in [-0.3, -0.25) is 9.78 Å². The number of benzene rings is 2. The van der Waals surface area contributed by atoms with Gasteiger partial charge in [0.2, 0.25) is 0 Å². The predicted octanol–water partition coefficient (Wildman–Crippen LogP) is 4.86. The number of aromatic nitrogens is 1. The maximum Gasteiger partial charge on any atom is 0.257 e. The second kappa shape index (κ2) is 11.8. The molecule has 2 fully saturated rings. The molecule has 188 valence electrons. The standard InChI is InChI=1S/C29H33N3O4/c33-20-21-6-8-22(9-7-21)27-17-26(19-32-15-2-1-3-16-32)35-29(36-27)23-10-12-25(13-11-23)31-28(34)24-5-4-14-30-18-24/h4-14,18,26-27,29,33H,1-3,15-17,19-20H2,(H,31,34)/t26-,27+,29+/m1/s1. The maximum absolute atomic E-state index is 12.5. The normalized spacial score (nSPS) is 22.8. The van der Waals surface area contributed by atoms with Crippen molar-refractivity contribution >= 4 is 11.6 Å². The fourth-order valence-corrected chi connectivity index (χ4v) is 4.89. The Morgan fingerprint density at radius 2 is 1.72 bits per heavy atom. The lowest BCUT2D eigenvalue weighted by Gasteiger charge is -2.39. The Labute approximate surface area is 212 Å². The summed E-state index contributed by atoms with van der Waals surface area (Å²) in [6.07, 6.45) is 7.20. The summed E-state index contributed by atoms with van der Waals surface area (Å²) in [6, 6.07) is 19.1. The van der Waals surface area contributed by atoms with Crippen LogP contribution in [0.3, 0.4) is 0 Å². The number of ether oxygens (including phenoxy) is 2. The molecule has 2 N–H and O–H groups in total. The van der Waals surface area contributed by atoms with Crippen LogP contribution in [0.1, 0.15) is 65.1 Å². The lowest BCUT2D eigenvalue weighted by Crippen LogP contribution is -2.41. The molecule has 0 spiro atoms. The number of pyridine rings is 1. The fourth-order valence-electron chi connectivity index (χ4n) is 4.89. The molecule has 2 aliphatic rings. The molecule has 1 amide bonds. The summed E-state index contributed by atoms with van der Waals surface area (Å²) in [6.45, 7) is 3.16. The van der Waals surface area contributed by atoms with Gasteiger partial charge in [0.05, 0.1) is 24.4 Å². The molecule has 0 bridgehead atoms. The second-order valence-electron chi connectivity index (χ2n) is 9.53. The summed E-state index contributed by atoms with van der Waals surface area (Å²) in [7, 11) is 0. The zero-order valence-corrected chi connectivity index (χ0v) is 20.4. The van der Waals surface area contributed by atoms with Crippen molar-refractivity contribution in [3.63, 3.8) is 0 Å². The minimum Gasteiger partial charge on any atom is -0.392 e. The van der Waals surface area contributed by atoms with Gasteiger partial charge < -0.3 is 24.8 Å². The summed E-state index contributed by atoms with van der Waals surface area (Å²) < 4.78 is 12.9. The van der Waals surface area contributed by atoms with Crippen LogP contribution in [-0.2, 0) is 16.1 Å². The minimum atomic E-state index is -0.501. The smallest absolute Gasteiger partial charge is 0.257 e. The van der Waals surface area contributed by atoms with Crippen LogP contribution in [0.25, 0.3) is 0 Å². The second-order valence-corrected chi connectivity index (χ2v) is 9.53. The Balaban J connectivity index is 1.30. The lowest BCUT2D eigenvalue weighted by atomic mass is 9.99. The first-order valence-corrected chi connectivity index (χ1v) is 12.7. The van der Waals surface area contributed by atoms with Gasteiger partial charge in [-0.25, -0.2) is 0 Å². The van der Waals surface area contributed by atoms with Crippen LogP contribution < -0.4 is 5.32 Å². The maximum atomic E-state index is 12.5. The highest BCUT2D eigenvalue weighted by Crippen LogP contribution is 2.38. The lowest BCUT2D eigenvalue weighted by molar-refractivity contribution is -0.253. The molecule has 2 aliphatic heterocycles. The first kappa shape index (κ1) is 24.6. The van der Waals surface area contributed by atoms with Gasteiger partial charge in [0.25, 0.3) is 5.91 Å². The van der Waals surface area contributed by atoms with E-state index in [4.69, 9.17) is 9.47 Å². The number of piperidine rings is 1. The van der Waals surface area contributed by atoms with Crippen molar-refractivity contribution in [2.24, 2.45) is 0 Å². The third-order valence-corrected chi connectivity index (χ3v) is 6.89. The van der Waals surface area contributed by atoms with Crippen LogP contribution in [0.4, 0.5) is 5.69 Å². The minimum absolute atomic E-state index is 0.0266. The summed E-state index contributed by atoms with van der Waals surface area (Å²) in [5, 5.41) is 12.3. The van der Waals surface area contributed by atoms with Crippen LogP contribution in [0.5, 0.6) is 0 Å². The molecule has 3 heterocycles. The summed E-state index contributed by atoms with van der Waals surface area (Å²) >= 11 is 0. The molecule has 5 rings (SSSR count). The molecular weight excluding hydrogens is 454 g/mol. The van der Waals surface area contributed by atoms with E-state index in [-0.39, 0.29) is 24.7 Å². The topological polar surface area (TPSA) is 83.9 Å². The Bertz CT molecular complexity index is 1120. The Hall–Kier alpha value is -3.10. The van der Waals surface area contributed by atoms with E-state index in [1.54, 1.807) is 24.5 Å². The number of nitrogens with one attached hydrogen (secondary N) is 1. The van der Waals surface area contributed by atoms with Crippen molar-refractivity contribution in [1.29, 1.82) is 0 Å². The molecule has 36 heavy (non-hydrogen) atoms. The Kier molecular flexibility index (Phi) is 8.03. The van der Waals surface area contributed by atoms with Crippen molar-refractivity contribution < 1.29 is 19.4 Å². The molecule has 3 atom stereocenters. The Morgan fingerprint density at radius 3 is 2.42 bits per heavy atom. The van der Waals surface area contributed by atoms with Gasteiger partial charge in [0.1, 0.15) is 0 Å². The number of aliphatic hydroxyl groups excluding tert-OH is 1. The average molecular weight is 488 g/mol. The van der Waals surface area contributed by atoms with Crippen molar-refractivity contribution in [3.05, 3.63) is 95.3 Å². The number of hydrogen-bond donors (Lipinski definition) is 2. The number of rotatable bonds is 7. The van der Waals surface area contributed by atoms with E-state index < -0.39 is 6.29 Å². The van der Waals surface area contributed by atoms with Crippen LogP contribution >= 0.6 is 0 Å². The average Bonchev–Trinajstić information content (AvgIpc) is 2.94. The van der Waals surface area contributed by atoms with E-state index in [0.29, 0.717) is 11.3 Å². The van der Waals surface area contributed by atoms with Crippen LogP contribution in [0.2, 0.25) is 0 Å². The van der Waals surface area contributed by atoms with E-state index in [1.807, 2.05) is 48.5 Å². The first-order valence-electron chi connectivity index (χ1n) is 12.7. The summed E-state index contributed by atoms with van der Waals surface area (Å²) in [5.74, 6) is -0.200. The van der Waals surface area contributed by atoms with Crippen molar-refractivity contribution in [2.45, 2.75) is 50.8 Å². The zero-order chi connectivity index (χ0) is 24.7. The highest BCUT2D eigenvalue weighted by Gasteiger charge is 2.33. The molecule has 0 radical (unpaired) electrons. The molecule has 0 aliphatic carbocycles. The highest BCUT2D eigenvalue weighted by atomic mass is 16.7. The number of carbonyl (C=O) groups is 1. The zero-order valence-electron chi connectivity index (χ0n) is 20.4. The third-order valence-electron chi connectivity index (χ3n) is 6.89. The van der Waals surface area contributed by atoms with Gasteiger partial charge in [0, 0.05) is 36.6 Å². The van der Waals surface area contributed by atoms with Crippen molar-refractivity contribution in [2.75, 3.05) is 25.0 Å². The first-order chi connectivity index (χ1) is 17.7. The largest absolute Gasteiger partial charge is 0.392 e. The molecule has 3 aromatic rings. The number of likely N-dealkylation sites (tertiary alicyclic amines) is 1. The number of hydrogen-bond acceptors (Lipinski definition) is 6. The number of amides is 1. The molecule has 7 nitrogen and oxygen atoms in total. The van der Waals surface area contributed by atoms with Gasteiger partial charge in [-0.05, 0) is 61.3 Å². The fraction of sp³-hybridized carbons (Fsp3) is 0.379. The van der Waals surface area contributed by atoms with E-state index >= 15 is 0 Å². The molecule has 0 saturated carbocycles. The van der Waals surface area contributed by atoms with Crippen molar-refractivity contribution in [3.8, 4) is 0 Å². The van der Waals surface area contributed by atoms with Crippen LogP contribution in [-0.4, -0.2) is 46.6 Å². The van der Waals surface area contributed by atoms with Gasteiger partial charge in [-0.15, -0.1) is 0 Å². The van der Waals surface area contributed by atoms with Crippen LogP contribution in [0, 0.1) is 0 Å². The van der Waals surface area contributed by atoms with Gasteiger partial charge in [-0.1, -0.05) is 42.8 Å². The van der Waals surface area contributed by atoms with E-state index in [2.05, 4.69) is 15.2 Å². The van der Waals surface area contributed by atoms with Crippen molar-refractivity contribution in [1.82, 2.24) is 9.88 Å². The number of aliphatic hydroxyl groups is 1. The monoisotopic (exact) mass is 487 g/mol. The summed E-state index contributed by atoms with van der Waals surface area (Å²) in [5.41, 5.74) is 4.09. The van der Waals surface area contributed by atoms with Gasteiger partial charge in [0.15, 0.2) is 6.29 Å². The molecule has 2 saturated heterocycles. The highest BCUT2D eigenvalue weighted by molar-refractivity contribution is 6.03. The van der Waals surface area contributed by atoms with Gasteiger partial charge in [-0.2, -0.15) is 0 Å². The van der Waals surface area contributed by atoms with E-state index in [0.717, 1.165) is 42.7 Å². The SMILES string of the molecule is O=C(Nc1ccc([C@H]2O[C@@H](CN3CCCCC3)C[C@@H](c3ccc(CO)cc3)O2)cc1)c1cccnc1. The quantitative estimate of drug-likeness (QED) is 0.495. The van der Waals surface area contributed by atoms with Gasteiger partial charge >= 0.3 is 0 Å². The van der Waals surface area contributed by atoms with Crippen LogP contribution in [0.15, 0.2) is 73.1 Å². The molecule has 2 aromatic carbocycles. The molecular formula is C29H33N3O4. The number of nitrogens with zero attached hydrogens (tertiary/aromatic N) is 2. The molecule has 0 unspecified atom stereocenters. The van der Waals surface area contributed by atoms with E-state index in [1.165, 1.54) is 19.3 Å². The van der Waals surface area contributed by atoms with E-state index in [9.17, 15) is 9.90 Å². The number of carbonyl (C=O) groups excluding carboxylic acids is 1. The Morgan fingerprint density at radius 1 is 0.972 bits per heavy atom.